The van der Waals surface area contributed by atoms with E-state index in [1.807, 2.05) is 0 Å². The highest BCUT2D eigenvalue weighted by molar-refractivity contribution is 7.17. The van der Waals surface area contributed by atoms with Gasteiger partial charge in [-0.15, -0.1) is 11.3 Å². The lowest BCUT2D eigenvalue weighted by atomic mass is 9.95. The van der Waals surface area contributed by atoms with Crippen LogP contribution in [0.5, 0.6) is 0 Å². The third-order valence-electron chi connectivity index (χ3n) is 6.63. The number of thiazole rings is 1. The van der Waals surface area contributed by atoms with Crippen LogP contribution in [-0.4, -0.2) is 69.2 Å². The lowest BCUT2D eigenvalue weighted by Crippen LogP contribution is -2.39. The highest BCUT2D eigenvalue weighted by Gasteiger charge is 2.30. The van der Waals surface area contributed by atoms with Gasteiger partial charge >= 0.3 is 0 Å². The van der Waals surface area contributed by atoms with Gasteiger partial charge in [-0.2, -0.15) is 5.26 Å². The first-order chi connectivity index (χ1) is 17.6. The van der Waals surface area contributed by atoms with Crippen LogP contribution in [0, 0.1) is 11.3 Å². The molecular formula is C26H33FN6O3S. The summed E-state index contributed by atoms with van der Waals surface area (Å²) >= 11 is 1.03. The number of piperidine rings is 1. The Morgan fingerprint density at radius 3 is 2.59 bits per heavy atom. The van der Waals surface area contributed by atoms with Crippen LogP contribution in [0.3, 0.4) is 0 Å². The van der Waals surface area contributed by atoms with Crippen molar-refractivity contribution in [3.05, 3.63) is 28.5 Å². The lowest BCUT2D eigenvalue weighted by Gasteiger charge is -2.28. The van der Waals surface area contributed by atoms with E-state index >= 15 is 0 Å². The van der Waals surface area contributed by atoms with Gasteiger partial charge < -0.3 is 20.6 Å². The minimum Gasteiger partial charge on any atom is -0.389 e. The van der Waals surface area contributed by atoms with Crippen LogP contribution < -0.4 is 10.6 Å². The fourth-order valence-corrected chi connectivity index (χ4v) is 5.51. The van der Waals surface area contributed by atoms with Gasteiger partial charge in [0.05, 0.1) is 16.0 Å². The van der Waals surface area contributed by atoms with Crippen molar-refractivity contribution in [3.63, 3.8) is 0 Å². The molecule has 11 heteroatoms. The number of anilines is 1. The van der Waals surface area contributed by atoms with Gasteiger partial charge in [0.15, 0.2) is 5.01 Å². The molecule has 0 bridgehead atoms. The van der Waals surface area contributed by atoms with Crippen LogP contribution in [0.1, 0.15) is 84.6 Å². The van der Waals surface area contributed by atoms with Gasteiger partial charge in [-0.25, -0.2) is 14.4 Å². The van der Waals surface area contributed by atoms with Crippen LogP contribution in [0.15, 0.2) is 12.3 Å². The number of alkyl halides is 1. The number of carbonyl (C=O) groups is 2. The second-order valence-electron chi connectivity index (χ2n) is 10.4. The first-order valence-electron chi connectivity index (χ1n) is 12.8. The van der Waals surface area contributed by atoms with E-state index in [1.54, 1.807) is 31.0 Å². The summed E-state index contributed by atoms with van der Waals surface area (Å²) in [6.45, 7) is 3.69. The molecule has 1 aliphatic heterocycles. The fourth-order valence-electron chi connectivity index (χ4n) is 4.56. The number of nitriles is 1. The van der Waals surface area contributed by atoms with E-state index in [0.29, 0.717) is 21.8 Å². The Labute approximate surface area is 220 Å². The molecule has 37 heavy (non-hydrogen) atoms. The van der Waals surface area contributed by atoms with E-state index in [-0.39, 0.29) is 55.1 Å². The van der Waals surface area contributed by atoms with Crippen LogP contribution in [0.2, 0.25) is 0 Å². The molecule has 0 atom stereocenters. The Morgan fingerprint density at radius 2 is 1.95 bits per heavy atom. The van der Waals surface area contributed by atoms with Crippen LogP contribution in [-0.2, 0) is 0 Å². The maximum absolute atomic E-state index is 13.7. The quantitative estimate of drug-likeness (QED) is 0.497. The number of hydrogen-bond acceptors (Lipinski definition) is 8. The molecule has 1 saturated carbocycles. The molecule has 198 valence electrons. The third-order valence-corrected chi connectivity index (χ3v) is 7.74. The number of halogens is 1. The molecule has 0 unspecified atom stereocenters. The molecule has 3 N–H and O–H groups in total. The number of amides is 2. The highest BCUT2D eigenvalue weighted by Crippen LogP contribution is 2.34. The van der Waals surface area contributed by atoms with Gasteiger partial charge in [0.1, 0.15) is 23.8 Å². The van der Waals surface area contributed by atoms with Gasteiger partial charge in [0.2, 0.25) is 0 Å². The molecule has 2 amide bonds. The normalized spacial score (nSPS) is 17.3. The monoisotopic (exact) mass is 528 g/mol. The molecule has 2 aromatic rings. The Bertz CT molecular complexity index is 1170. The Morgan fingerprint density at radius 1 is 1.24 bits per heavy atom. The van der Waals surface area contributed by atoms with Gasteiger partial charge in [-0.05, 0) is 45.6 Å². The van der Waals surface area contributed by atoms with E-state index in [4.69, 9.17) is 0 Å². The summed E-state index contributed by atoms with van der Waals surface area (Å²) in [7, 11) is 0. The molecule has 3 heterocycles. The summed E-state index contributed by atoms with van der Waals surface area (Å²) in [5.74, 6) is -0.398. The van der Waals surface area contributed by atoms with Crippen LogP contribution >= 0.6 is 11.3 Å². The zero-order chi connectivity index (χ0) is 26.6. The number of aromatic nitrogens is 2. The SMILES string of the molecule is CC(C)(O)CNC(=O)c1nc(C(=O)N2CCC(F)CC2)c(-c2cnc(NC3CCCCC3)c(C#N)c2)s1. The number of aliphatic hydroxyl groups is 1. The van der Waals surface area contributed by atoms with E-state index in [0.717, 1.165) is 37.0 Å². The fraction of sp³-hybridized carbons (Fsp3) is 0.577. The molecule has 4 rings (SSSR count). The number of likely N-dealkylation sites (tertiary alicyclic amines) is 1. The van der Waals surface area contributed by atoms with Crippen molar-refractivity contribution in [2.75, 3.05) is 25.0 Å². The van der Waals surface area contributed by atoms with Crippen molar-refractivity contribution in [2.45, 2.75) is 76.6 Å². The second kappa shape index (κ2) is 11.5. The molecule has 9 nitrogen and oxygen atoms in total. The van der Waals surface area contributed by atoms with Crippen molar-refractivity contribution >= 4 is 29.0 Å². The van der Waals surface area contributed by atoms with Gasteiger partial charge in [-0.3, -0.25) is 9.59 Å². The number of pyridine rings is 1. The van der Waals surface area contributed by atoms with Crippen molar-refractivity contribution in [2.24, 2.45) is 0 Å². The predicted molar refractivity (Wildman–Crippen MR) is 139 cm³/mol. The first kappa shape index (κ1) is 26.9. The largest absolute Gasteiger partial charge is 0.389 e. The molecule has 0 aromatic carbocycles. The molecule has 0 radical (unpaired) electrons. The van der Waals surface area contributed by atoms with E-state index in [2.05, 4.69) is 26.7 Å². The summed E-state index contributed by atoms with van der Waals surface area (Å²) in [6.07, 6.45) is 6.71. The molecule has 2 fully saturated rings. The molecule has 1 saturated heterocycles. The number of nitrogens with zero attached hydrogens (tertiary/aromatic N) is 4. The number of hydrogen-bond donors (Lipinski definition) is 3. The highest BCUT2D eigenvalue weighted by atomic mass is 32.1. The Balaban J connectivity index is 1.66. The van der Waals surface area contributed by atoms with Crippen molar-refractivity contribution in [1.29, 1.82) is 5.26 Å². The summed E-state index contributed by atoms with van der Waals surface area (Å²) in [5.41, 5.74) is -0.179. The summed E-state index contributed by atoms with van der Waals surface area (Å²) in [6, 6.07) is 4.12. The van der Waals surface area contributed by atoms with Crippen LogP contribution in [0.25, 0.3) is 10.4 Å². The second-order valence-corrected chi connectivity index (χ2v) is 11.4. The smallest absolute Gasteiger partial charge is 0.280 e. The van der Waals surface area contributed by atoms with E-state index in [1.165, 1.54) is 6.42 Å². The average Bonchev–Trinajstić information content (AvgIpc) is 3.33. The molecule has 0 spiro atoms. The number of nitrogens with one attached hydrogen (secondary N) is 2. The zero-order valence-electron chi connectivity index (χ0n) is 21.2. The standard InChI is InChI=1S/C26H33FN6O3S/c1-26(2,36)15-30-23(34)24-32-20(25(35)33-10-8-18(27)9-11-33)21(37-24)17-12-16(13-28)22(29-14-17)31-19-6-4-3-5-7-19/h12,14,18-19,36H,3-11,15H2,1-2H3,(H,29,31)(H,30,34). The summed E-state index contributed by atoms with van der Waals surface area (Å²) in [4.78, 5) is 37.1. The van der Waals surface area contributed by atoms with Gasteiger partial charge in [-0.1, -0.05) is 19.3 Å². The van der Waals surface area contributed by atoms with Crippen molar-refractivity contribution in [3.8, 4) is 16.5 Å². The maximum atomic E-state index is 13.7. The van der Waals surface area contributed by atoms with Crippen LogP contribution in [0.4, 0.5) is 10.2 Å². The molecule has 2 aliphatic rings. The number of rotatable bonds is 7. The van der Waals surface area contributed by atoms with Crippen molar-refractivity contribution in [1.82, 2.24) is 20.2 Å². The van der Waals surface area contributed by atoms with Crippen molar-refractivity contribution < 1.29 is 19.1 Å². The summed E-state index contributed by atoms with van der Waals surface area (Å²) in [5, 5.41) is 25.9. The van der Waals surface area contributed by atoms with E-state index < -0.39 is 17.7 Å². The Hall–Kier alpha value is -3.10. The number of carbonyl (C=O) groups excluding carboxylic acids is 2. The predicted octanol–water partition coefficient (Wildman–Crippen LogP) is 3.90. The average molecular weight is 529 g/mol. The third kappa shape index (κ3) is 6.81. The maximum Gasteiger partial charge on any atom is 0.280 e. The summed E-state index contributed by atoms with van der Waals surface area (Å²) < 4.78 is 13.7. The lowest BCUT2D eigenvalue weighted by molar-refractivity contribution is 0.0660. The minimum absolute atomic E-state index is 0.00963. The molecular weight excluding hydrogens is 495 g/mol. The van der Waals surface area contributed by atoms with Gasteiger partial charge in [0.25, 0.3) is 11.8 Å². The topological polar surface area (TPSA) is 131 Å². The Kier molecular flexibility index (Phi) is 8.39. The van der Waals surface area contributed by atoms with Gasteiger partial charge in [0, 0.05) is 37.4 Å². The molecule has 1 aliphatic carbocycles. The minimum atomic E-state index is -1.11. The van der Waals surface area contributed by atoms with E-state index in [9.17, 15) is 24.3 Å². The zero-order valence-corrected chi connectivity index (χ0v) is 22.0. The molecule has 2 aromatic heterocycles. The first-order valence-corrected chi connectivity index (χ1v) is 13.6.